The van der Waals surface area contributed by atoms with E-state index in [9.17, 15) is 0 Å². The summed E-state index contributed by atoms with van der Waals surface area (Å²) in [5, 5.41) is 8.19. The van der Waals surface area contributed by atoms with E-state index in [1.807, 2.05) is 18.7 Å². The quantitative estimate of drug-likeness (QED) is 0.842. The van der Waals surface area contributed by atoms with Crippen LogP contribution in [0.3, 0.4) is 0 Å². The fourth-order valence-corrected chi connectivity index (χ4v) is 2.97. The molecular weight excluding hydrogens is 210 g/mol. The number of rotatable bonds is 4. The molecule has 1 aromatic rings. The largest absolute Gasteiger partial charge is 0.340 e. The third kappa shape index (κ3) is 3.21. The fourth-order valence-electron chi connectivity index (χ4n) is 1.79. The molecule has 0 radical (unpaired) electrons. The van der Waals surface area contributed by atoms with Gasteiger partial charge in [-0.2, -0.15) is 16.7 Å². The molecule has 0 aliphatic carbocycles. The van der Waals surface area contributed by atoms with Crippen molar-refractivity contribution < 1.29 is 4.52 Å². The van der Waals surface area contributed by atoms with Gasteiger partial charge in [-0.1, -0.05) is 12.1 Å². The van der Waals surface area contributed by atoms with Crippen LogP contribution < -0.4 is 5.32 Å². The van der Waals surface area contributed by atoms with Crippen LogP contribution in [0, 0.1) is 6.92 Å². The van der Waals surface area contributed by atoms with Gasteiger partial charge < -0.3 is 9.84 Å². The summed E-state index contributed by atoms with van der Waals surface area (Å²) in [6, 6.07) is 0.665. The summed E-state index contributed by atoms with van der Waals surface area (Å²) < 4.78 is 4.91. The topological polar surface area (TPSA) is 51.0 Å². The first-order chi connectivity index (χ1) is 7.24. The van der Waals surface area contributed by atoms with Crippen molar-refractivity contribution >= 4 is 11.8 Å². The molecule has 0 aromatic carbocycles. The SMILES string of the molecule is Cc1nc(CCNC2CSC(C)C2)no1. The van der Waals surface area contributed by atoms with Gasteiger partial charge in [0, 0.05) is 36.9 Å². The fraction of sp³-hybridized carbons (Fsp3) is 0.800. The van der Waals surface area contributed by atoms with Crippen molar-refractivity contribution in [1.29, 1.82) is 0 Å². The Bertz CT molecular complexity index is 315. The molecule has 0 amide bonds. The van der Waals surface area contributed by atoms with Crippen LogP contribution in [0.25, 0.3) is 0 Å². The van der Waals surface area contributed by atoms with Crippen molar-refractivity contribution in [3.05, 3.63) is 11.7 Å². The third-order valence-electron chi connectivity index (χ3n) is 2.55. The summed E-state index contributed by atoms with van der Waals surface area (Å²) in [6.07, 6.45) is 2.13. The van der Waals surface area contributed by atoms with Crippen LogP contribution in [-0.4, -0.2) is 33.7 Å². The second-order valence-electron chi connectivity index (χ2n) is 4.01. The molecule has 1 aliphatic heterocycles. The molecule has 84 valence electrons. The Balaban J connectivity index is 1.67. The summed E-state index contributed by atoms with van der Waals surface area (Å²) in [5.41, 5.74) is 0. The monoisotopic (exact) mass is 227 g/mol. The number of aromatic nitrogens is 2. The maximum Gasteiger partial charge on any atom is 0.223 e. The summed E-state index contributed by atoms with van der Waals surface area (Å²) in [4.78, 5) is 4.17. The van der Waals surface area contributed by atoms with Crippen LogP contribution in [0.5, 0.6) is 0 Å². The Labute approximate surface area is 94.2 Å². The zero-order chi connectivity index (χ0) is 10.7. The Morgan fingerprint density at radius 3 is 3.07 bits per heavy atom. The molecule has 1 aromatic heterocycles. The highest BCUT2D eigenvalue weighted by Gasteiger charge is 2.20. The lowest BCUT2D eigenvalue weighted by molar-refractivity contribution is 0.386. The van der Waals surface area contributed by atoms with Crippen molar-refractivity contribution in [3.63, 3.8) is 0 Å². The smallest absolute Gasteiger partial charge is 0.223 e. The predicted octanol–water partition coefficient (Wildman–Crippen LogP) is 1.40. The molecular formula is C10H17N3OS. The van der Waals surface area contributed by atoms with Gasteiger partial charge in [-0.15, -0.1) is 0 Å². The number of aryl methyl sites for hydroxylation is 1. The van der Waals surface area contributed by atoms with Gasteiger partial charge in [-0.3, -0.25) is 0 Å². The first-order valence-electron chi connectivity index (χ1n) is 5.38. The lowest BCUT2D eigenvalue weighted by Crippen LogP contribution is -2.31. The van der Waals surface area contributed by atoms with Crippen molar-refractivity contribution in [2.24, 2.45) is 0 Å². The van der Waals surface area contributed by atoms with Gasteiger partial charge in [0.1, 0.15) is 0 Å². The molecule has 2 heterocycles. The Morgan fingerprint density at radius 2 is 2.47 bits per heavy atom. The molecule has 2 unspecified atom stereocenters. The molecule has 1 N–H and O–H groups in total. The van der Waals surface area contributed by atoms with Gasteiger partial charge in [-0.05, 0) is 6.42 Å². The molecule has 1 aliphatic rings. The summed E-state index contributed by atoms with van der Waals surface area (Å²) in [6.45, 7) is 5.05. The predicted molar refractivity (Wildman–Crippen MR) is 61.1 cm³/mol. The third-order valence-corrected chi connectivity index (χ3v) is 3.91. The Hall–Kier alpha value is -0.550. The molecule has 0 bridgehead atoms. The van der Waals surface area contributed by atoms with E-state index in [1.54, 1.807) is 0 Å². The van der Waals surface area contributed by atoms with E-state index < -0.39 is 0 Å². The van der Waals surface area contributed by atoms with E-state index in [1.165, 1.54) is 12.2 Å². The molecule has 15 heavy (non-hydrogen) atoms. The minimum Gasteiger partial charge on any atom is -0.340 e. The number of nitrogens with one attached hydrogen (secondary N) is 1. The van der Waals surface area contributed by atoms with E-state index in [4.69, 9.17) is 4.52 Å². The Kier molecular flexibility index (Phi) is 3.64. The molecule has 0 saturated carbocycles. The maximum atomic E-state index is 4.91. The zero-order valence-electron chi connectivity index (χ0n) is 9.19. The lowest BCUT2D eigenvalue weighted by Gasteiger charge is -2.09. The number of hydrogen-bond acceptors (Lipinski definition) is 5. The molecule has 1 fully saturated rings. The van der Waals surface area contributed by atoms with Crippen LogP contribution in [0.4, 0.5) is 0 Å². The molecule has 0 spiro atoms. The minimum absolute atomic E-state index is 0.648. The van der Waals surface area contributed by atoms with Gasteiger partial charge in [0.15, 0.2) is 5.82 Å². The Morgan fingerprint density at radius 1 is 1.60 bits per heavy atom. The molecule has 2 atom stereocenters. The standard InChI is InChI=1S/C10H17N3OS/c1-7-5-9(6-15-7)11-4-3-10-12-8(2)14-13-10/h7,9,11H,3-6H2,1-2H3. The molecule has 2 rings (SSSR count). The number of hydrogen-bond donors (Lipinski definition) is 1. The van der Waals surface area contributed by atoms with Gasteiger partial charge in [-0.25, -0.2) is 0 Å². The zero-order valence-corrected chi connectivity index (χ0v) is 10.0. The van der Waals surface area contributed by atoms with E-state index in [0.29, 0.717) is 11.9 Å². The first-order valence-corrected chi connectivity index (χ1v) is 6.43. The minimum atomic E-state index is 0.648. The van der Waals surface area contributed by atoms with Crippen molar-refractivity contribution in [1.82, 2.24) is 15.5 Å². The van der Waals surface area contributed by atoms with Crippen molar-refractivity contribution in [2.45, 2.75) is 38.0 Å². The number of nitrogens with zero attached hydrogens (tertiary/aromatic N) is 2. The van der Waals surface area contributed by atoms with Crippen LogP contribution in [0.2, 0.25) is 0 Å². The van der Waals surface area contributed by atoms with Gasteiger partial charge in [0.05, 0.1) is 0 Å². The van der Waals surface area contributed by atoms with Crippen LogP contribution in [0.15, 0.2) is 4.52 Å². The highest BCUT2D eigenvalue weighted by Crippen LogP contribution is 2.25. The summed E-state index contributed by atoms with van der Waals surface area (Å²) >= 11 is 2.04. The highest BCUT2D eigenvalue weighted by molar-refractivity contribution is 8.00. The van der Waals surface area contributed by atoms with E-state index in [0.717, 1.165) is 24.0 Å². The van der Waals surface area contributed by atoms with Crippen LogP contribution in [0.1, 0.15) is 25.1 Å². The van der Waals surface area contributed by atoms with E-state index in [-0.39, 0.29) is 0 Å². The van der Waals surface area contributed by atoms with Gasteiger partial charge in [0.25, 0.3) is 0 Å². The normalized spacial score (nSPS) is 26.0. The second-order valence-corrected chi connectivity index (χ2v) is 5.48. The number of thioether (sulfide) groups is 1. The molecule has 1 saturated heterocycles. The van der Waals surface area contributed by atoms with Crippen molar-refractivity contribution in [2.75, 3.05) is 12.3 Å². The second kappa shape index (κ2) is 4.99. The van der Waals surface area contributed by atoms with Gasteiger partial charge in [0.2, 0.25) is 5.89 Å². The highest BCUT2D eigenvalue weighted by atomic mass is 32.2. The summed E-state index contributed by atoms with van der Waals surface area (Å²) in [7, 11) is 0. The van der Waals surface area contributed by atoms with Gasteiger partial charge >= 0.3 is 0 Å². The average Bonchev–Trinajstić information content (AvgIpc) is 2.76. The average molecular weight is 227 g/mol. The maximum absolute atomic E-state index is 4.91. The van der Waals surface area contributed by atoms with E-state index in [2.05, 4.69) is 22.4 Å². The van der Waals surface area contributed by atoms with Crippen molar-refractivity contribution in [3.8, 4) is 0 Å². The first kappa shape index (κ1) is 11.0. The molecule has 5 heteroatoms. The van der Waals surface area contributed by atoms with Crippen LogP contribution >= 0.6 is 11.8 Å². The van der Waals surface area contributed by atoms with Crippen LogP contribution in [-0.2, 0) is 6.42 Å². The lowest BCUT2D eigenvalue weighted by atomic mass is 10.2. The van der Waals surface area contributed by atoms with E-state index >= 15 is 0 Å². The molecule has 4 nitrogen and oxygen atoms in total. The summed E-state index contributed by atoms with van der Waals surface area (Å²) in [5.74, 6) is 2.68.